The molecule has 0 saturated heterocycles. The molecular weight excluding hydrogens is 321 g/mol. The van der Waals surface area contributed by atoms with Crippen LogP contribution in [-0.2, 0) is 6.42 Å². The molecule has 2 aromatic carbocycles. The van der Waals surface area contributed by atoms with E-state index in [1.807, 2.05) is 23.1 Å². The number of nitrogens with two attached hydrogens (primary N) is 1. The number of nitrogen functional groups attached to an aromatic ring is 1. The van der Waals surface area contributed by atoms with Gasteiger partial charge >= 0.3 is 0 Å². The Labute approximate surface area is 124 Å². The first-order valence-electron chi connectivity index (χ1n) is 6.27. The quantitative estimate of drug-likeness (QED) is 0.652. The third-order valence-corrected chi connectivity index (χ3v) is 4.31. The van der Waals surface area contributed by atoms with Gasteiger partial charge in [0.2, 0.25) is 0 Å². The van der Waals surface area contributed by atoms with Gasteiger partial charge in [0.15, 0.2) is 5.82 Å². The van der Waals surface area contributed by atoms with Crippen molar-refractivity contribution in [2.45, 2.75) is 6.42 Å². The van der Waals surface area contributed by atoms with Gasteiger partial charge in [-0.25, -0.2) is 4.39 Å². The Kier molecular flexibility index (Phi) is 3.22. The zero-order valence-electron chi connectivity index (χ0n) is 10.7. The number of para-hydroxylation sites is 1. The first-order valence-corrected chi connectivity index (χ1v) is 7.06. The minimum Gasteiger partial charge on any atom is -0.384 e. The Balaban J connectivity index is 2.09. The molecule has 0 spiro atoms. The van der Waals surface area contributed by atoms with E-state index in [9.17, 15) is 4.39 Å². The summed E-state index contributed by atoms with van der Waals surface area (Å²) >= 11 is 3.20. The number of amidine groups is 1. The van der Waals surface area contributed by atoms with Gasteiger partial charge in [-0.05, 0) is 46.1 Å². The van der Waals surface area contributed by atoms with Gasteiger partial charge in [-0.1, -0.05) is 18.2 Å². The zero-order valence-corrected chi connectivity index (χ0v) is 12.2. The summed E-state index contributed by atoms with van der Waals surface area (Å²) < 4.78 is 14.8. The number of nitrogens with one attached hydrogen (secondary N) is 1. The van der Waals surface area contributed by atoms with Crippen molar-refractivity contribution in [3.05, 3.63) is 57.8 Å². The standard InChI is InChI=1S/C15H13BrFN3/c16-13-10(15(18)19)5-6-12(14(13)17)20-8-7-9-3-1-2-4-11(9)20/h1-6H,7-8H2,(H3,18,19). The minimum atomic E-state index is -0.380. The molecular formula is C15H13BrFN3. The van der Waals surface area contributed by atoms with Crippen LogP contribution in [0.5, 0.6) is 0 Å². The van der Waals surface area contributed by atoms with E-state index in [4.69, 9.17) is 11.1 Å². The van der Waals surface area contributed by atoms with E-state index in [-0.39, 0.29) is 16.1 Å². The lowest BCUT2D eigenvalue weighted by Crippen LogP contribution is -2.17. The highest BCUT2D eigenvalue weighted by molar-refractivity contribution is 9.10. The molecule has 0 aliphatic carbocycles. The topological polar surface area (TPSA) is 53.1 Å². The number of fused-ring (bicyclic) bond motifs is 1. The van der Waals surface area contributed by atoms with Gasteiger partial charge in [0.25, 0.3) is 0 Å². The molecule has 0 aromatic heterocycles. The van der Waals surface area contributed by atoms with E-state index < -0.39 is 0 Å². The van der Waals surface area contributed by atoms with Crippen LogP contribution in [0.15, 0.2) is 40.9 Å². The molecule has 20 heavy (non-hydrogen) atoms. The van der Waals surface area contributed by atoms with Crippen LogP contribution in [-0.4, -0.2) is 12.4 Å². The van der Waals surface area contributed by atoms with Crippen LogP contribution in [0.4, 0.5) is 15.8 Å². The molecule has 0 bridgehead atoms. The van der Waals surface area contributed by atoms with E-state index in [0.717, 1.165) is 18.7 Å². The molecule has 0 atom stereocenters. The smallest absolute Gasteiger partial charge is 0.161 e. The van der Waals surface area contributed by atoms with Crippen LogP contribution in [0.3, 0.4) is 0 Å². The predicted octanol–water partition coefficient (Wildman–Crippen LogP) is 3.57. The van der Waals surface area contributed by atoms with E-state index in [1.54, 1.807) is 12.1 Å². The summed E-state index contributed by atoms with van der Waals surface area (Å²) in [5.74, 6) is -0.529. The molecule has 0 radical (unpaired) electrons. The number of hydrogen-bond donors (Lipinski definition) is 2. The van der Waals surface area contributed by atoms with Gasteiger partial charge in [-0.3, -0.25) is 5.41 Å². The average molecular weight is 334 g/mol. The lowest BCUT2D eigenvalue weighted by Gasteiger charge is -2.21. The fourth-order valence-electron chi connectivity index (χ4n) is 2.54. The van der Waals surface area contributed by atoms with Gasteiger partial charge in [-0.15, -0.1) is 0 Å². The van der Waals surface area contributed by atoms with Crippen LogP contribution in [0.1, 0.15) is 11.1 Å². The summed E-state index contributed by atoms with van der Waals surface area (Å²) in [6.07, 6.45) is 0.904. The molecule has 0 amide bonds. The number of rotatable bonds is 2. The molecule has 0 fully saturated rings. The van der Waals surface area contributed by atoms with Crippen LogP contribution in [0.2, 0.25) is 0 Å². The van der Waals surface area contributed by atoms with Crippen LogP contribution < -0.4 is 10.6 Å². The second kappa shape index (κ2) is 4.90. The van der Waals surface area contributed by atoms with Crippen LogP contribution in [0, 0.1) is 11.2 Å². The molecule has 1 heterocycles. The highest BCUT2D eigenvalue weighted by Crippen LogP contribution is 2.38. The summed E-state index contributed by atoms with van der Waals surface area (Å²) in [4.78, 5) is 1.96. The third kappa shape index (κ3) is 1.98. The van der Waals surface area contributed by atoms with Gasteiger partial charge in [0.05, 0.1) is 10.2 Å². The Hall–Kier alpha value is -1.88. The fourth-order valence-corrected chi connectivity index (χ4v) is 3.09. The summed E-state index contributed by atoms with van der Waals surface area (Å²) in [7, 11) is 0. The lowest BCUT2D eigenvalue weighted by atomic mass is 10.1. The molecule has 102 valence electrons. The van der Waals surface area contributed by atoms with E-state index >= 15 is 0 Å². The summed E-state index contributed by atoms with van der Waals surface area (Å²) in [5.41, 5.74) is 8.57. The van der Waals surface area contributed by atoms with Crippen molar-refractivity contribution in [3.63, 3.8) is 0 Å². The molecule has 0 saturated carbocycles. The molecule has 1 aliphatic rings. The van der Waals surface area contributed by atoms with Crippen molar-refractivity contribution in [2.24, 2.45) is 5.73 Å². The van der Waals surface area contributed by atoms with E-state index in [2.05, 4.69) is 22.0 Å². The predicted molar refractivity (Wildman–Crippen MR) is 82.3 cm³/mol. The average Bonchev–Trinajstić information content (AvgIpc) is 2.85. The summed E-state index contributed by atoms with van der Waals surface area (Å²) in [5, 5.41) is 7.44. The first kappa shape index (κ1) is 13.1. The van der Waals surface area contributed by atoms with E-state index in [1.165, 1.54) is 5.56 Å². The number of anilines is 2. The Morgan fingerprint density at radius 1 is 1.20 bits per heavy atom. The fraction of sp³-hybridized carbons (Fsp3) is 0.133. The van der Waals surface area contributed by atoms with Crippen molar-refractivity contribution >= 4 is 33.1 Å². The summed E-state index contributed by atoms with van der Waals surface area (Å²) in [6, 6.07) is 11.4. The van der Waals surface area contributed by atoms with Gasteiger partial charge in [0, 0.05) is 17.8 Å². The maximum atomic E-state index is 14.5. The summed E-state index contributed by atoms with van der Waals surface area (Å²) in [6.45, 7) is 0.752. The normalized spacial score (nSPS) is 13.4. The van der Waals surface area contributed by atoms with Crippen molar-refractivity contribution in [1.82, 2.24) is 0 Å². The molecule has 1 aliphatic heterocycles. The number of halogens is 2. The van der Waals surface area contributed by atoms with Gasteiger partial charge < -0.3 is 10.6 Å². The maximum Gasteiger partial charge on any atom is 0.161 e. The van der Waals surface area contributed by atoms with Gasteiger partial charge in [-0.2, -0.15) is 0 Å². The number of hydrogen-bond acceptors (Lipinski definition) is 2. The molecule has 0 unspecified atom stereocenters. The Morgan fingerprint density at radius 2 is 1.95 bits per heavy atom. The van der Waals surface area contributed by atoms with Crippen molar-refractivity contribution in [2.75, 3.05) is 11.4 Å². The molecule has 3 nitrogen and oxygen atoms in total. The molecule has 3 rings (SSSR count). The third-order valence-electron chi connectivity index (χ3n) is 3.53. The largest absolute Gasteiger partial charge is 0.384 e. The maximum absolute atomic E-state index is 14.5. The Bertz CT molecular complexity index is 700. The molecule has 3 N–H and O–H groups in total. The Morgan fingerprint density at radius 3 is 2.70 bits per heavy atom. The van der Waals surface area contributed by atoms with E-state index in [0.29, 0.717) is 11.3 Å². The molecule has 2 aromatic rings. The van der Waals surface area contributed by atoms with Crippen molar-refractivity contribution in [3.8, 4) is 0 Å². The minimum absolute atomic E-state index is 0.149. The highest BCUT2D eigenvalue weighted by atomic mass is 79.9. The monoisotopic (exact) mass is 333 g/mol. The van der Waals surface area contributed by atoms with Crippen molar-refractivity contribution in [1.29, 1.82) is 5.41 Å². The van der Waals surface area contributed by atoms with Crippen molar-refractivity contribution < 1.29 is 4.39 Å². The number of nitrogens with zero attached hydrogens (tertiary/aromatic N) is 1. The van der Waals surface area contributed by atoms with Gasteiger partial charge in [0.1, 0.15) is 5.84 Å². The second-order valence-corrected chi connectivity index (χ2v) is 5.50. The number of benzene rings is 2. The SMILES string of the molecule is N=C(N)c1ccc(N2CCc3ccccc32)c(F)c1Br. The highest BCUT2D eigenvalue weighted by Gasteiger charge is 2.24. The van der Waals surface area contributed by atoms with Crippen LogP contribution in [0.25, 0.3) is 0 Å². The first-order chi connectivity index (χ1) is 9.59. The second-order valence-electron chi connectivity index (χ2n) is 4.70. The molecule has 5 heteroatoms. The zero-order chi connectivity index (χ0) is 14.3. The van der Waals surface area contributed by atoms with Crippen LogP contribution >= 0.6 is 15.9 Å². The lowest BCUT2D eigenvalue weighted by molar-refractivity contribution is 0.619.